The maximum atomic E-state index is 12.4. The minimum atomic E-state index is -0.0746. The number of nitrogens with one attached hydrogen (secondary N) is 1. The first-order valence-corrected chi connectivity index (χ1v) is 12.1. The summed E-state index contributed by atoms with van der Waals surface area (Å²) in [4.78, 5) is 13.7. The van der Waals surface area contributed by atoms with E-state index in [0.29, 0.717) is 12.5 Å². The minimum Gasteiger partial charge on any atom is -0.494 e. The zero-order valence-electron chi connectivity index (χ0n) is 17.8. The third-order valence-corrected chi connectivity index (χ3v) is 6.59. The Morgan fingerprint density at radius 1 is 1.23 bits per heavy atom. The van der Waals surface area contributed by atoms with Crippen LogP contribution in [0.25, 0.3) is 11.4 Å². The number of hydrogen-bond donors (Lipinski definition) is 1. The number of ether oxygens (including phenoxy) is 1. The molecule has 3 aromatic rings. The third-order valence-electron chi connectivity index (χ3n) is 4.39. The molecular formula is C22H28N4O2S2. The summed E-state index contributed by atoms with van der Waals surface area (Å²) in [5, 5.41) is 14.6. The lowest BCUT2D eigenvalue weighted by Gasteiger charge is -2.09. The predicted molar refractivity (Wildman–Crippen MR) is 125 cm³/mol. The molecule has 0 aliphatic rings. The molecule has 0 saturated carbocycles. The van der Waals surface area contributed by atoms with E-state index in [9.17, 15) is 4.79 Å². The molecule has 2 aromatic heterocycles. The van der Waals surface area contributed by atoms with Crippen LogP contribution >= 0.6 is 23.1 Å². The topological polar surface area (TPSA) is 69.0 Å². The van der Waals surface area contributed by atoms with Crippen molar-refractivity contribution in [3.05, 3.63) is 40.6 Å². The quantitative estimate of drug-likeness (QED) is 0.408. The molecule has 6 nitrogen and oxygen atoms in total. The number of hydrogen-bond acceptors (Lipinski definition) is 6. The van der Waals surface area contributed by atoms with Crippen LogP contribution in [0.1, 0.15) is 44.9 Å². The summed E-state index contributed by atoms with van der Waals surface area (Å²) >= 11 is 3.16. The number of carbonyl (C=O) groups is 1. The fourth-order valence-corrected chi connectivity index (χ4v) is 4.60. The second-order valence-electron chi connectivity index (χ2n) is 7.14. The van der Waals surface area contributed by atoms with Crippen molar-refractivity contribution < 1.29 is 9.53 Å². The molecule has 160 valence electrons. The first kappa shape index (κ1) is 22.4. The van der Waals surface area contributed by atoms with Crippen LogP contribution in [0.3, 0.4) is 0 Å². The maximum absolute atomic E-state index is 12.4. The maximum Gasteiger partial charge on any atom is 0.234 e. The molecular weight excluding hydrogens is 416 g/mol. The molecule has 0 unspecified atom stereocenters. The van der Waals surface area contributed by atoms with E-state index in [-0.39, 0.29) is 11.7 Å². The van der Waals surface area contributed by atoms with Crippen LogP contribution in [-0.2, 0) is 11.3 Å². The predicted octanol–water partition coefficient (Wildman–Crippen LogP) is 5.67. The lowest BCUT2D eigenvalue weighted by molar-refractivity contribution is -0.113. The molecule has 1 amide bonds. The first-order chi connectivity index (χ1) is 14.5. The van der Waals surface area contributed by atoms with Crippen LogP contribution in [0.5, 0.6) is 5.75 Å². The zero-order valence-corrected chi connectivity index (χ0v) is 19.5. The highest BCUT2D eigenvalue weighted by Crippen LogP contribution is 2.31. The van der Waals surface area contributed by atoms with Gasteiger partial charge >= 0.3 is 0 Å². The van der Waals surface area contributed by atoms with E-state index >= 15 is 0 Å². The molecule has 0 aliphatic heterocycles. The van der Waals surface area contributed by atoms with Crippen molar-refractivity contribution in [3.63, 3.8) is 0 Å². The Bertz CT molecular complexity index is 964. The number of rotatable bonds is 10. The highest BCUT2D eigenvalue weighted by atomic mass is 32.2. The summed E-state index contributed by atoms with van der Waals surface area (Å²) in [5.74, 6) is 2.35. The van der Waals surface area contributed by atoms with Gasteiger partial charge in [-0.2, -0.15) is 0 Å². The van der Waals surface area contributed by atoms with Crippen molar-refractivity contribution in [2.75, 3.05) is 17.7 Å². The van der Waals surface area contributed by atoms with Gasteiger partial charge in [0.2, 0.25) is 5.91 Å². The molecule has 3 rings (SSSR count). The summed E-state index contributed by atoms with van der Waals surface area (Å²) in [7, 11) is 0. The number of amides is 1. The minimum absolute atomic E-state index is 0.0746. The number of thiophene rings is 1. The van der Waals surface area contributed by atoms with Crippen molar-refractivity contribution in [1.29, 1.82) is 0 Å². The second-order valence-corrected chi connectivity index (χ2v) is 9.03. The van der Waals surface area contributed by atoms with Gasteiger partial charge in [0.25, 0.3) is 0 Å². The Kier molecular flexibility index (Phi) is 7.93. The Morgan fingerprint density at radius 3 is 2.63 bits per heavy atom. The molecule has 0 radical (unpaired) electrons. The largest absolute Gasteiger partial charge is 0.494 e. The molecule has 0 fully saturated rings. The third kappa shape index (κ3) is 5.64. The molecule has 0 atom stereocenters. The number of nitrogens with zero attached hydrogens (tertiary/aromatic N) is 3. The summed E-state index contributed by atoms with van der Waals surface area (Å²) < 4.78 is 7.54. The fourth-order valence-electron chi connectivity index (χ4n) is 2.94. The molecule has 0 aliphatic carbocycles. The molecule has 0 bridgehead atoms. The van der Waals surface area contributed by atoms with Gasteiger partial charge in [0.05, 0.1) is 12.4 Å². The SMILES string of the molecule is CCCn1c(SCC(=O)Nc2ccc(OCC)cc2)nnc1-c1csc(C(C)C)c1. The van der Waals surface area contributed by atoms with Gasteiger partial charge in [0.15, 0.2) is 11.0 Å². The van der Waals surface area contributed by atoms with E-state index < -0.39 is 0 Å². The van der Waals surface area contributed by atoms with Crippen molar-refractivity contribution >= 4 is 34.7 Å². The molecule has 8 heteroatoms. The molecule has 30 heavy (non-hydrogen) atoms. The van der Waals surface area contributed by atoms with Gasteiger partial charge in [0, 0.05) is 28.1 Å². The lowest BCUT2D eigenvalue weighted by Crippen LogP contribution is -2.14. The van der Waals surface area contributed by atoms with Gasteiger partial charge in [-0.3, -0.25) is 4.79 Å². The summed E-state index contributed by atoms with van der Waals surface area (Å²) in [6, 6.07) is 9.58. The number of anilines is 1. The summed E-state index contributed by atoms with van der Waals surface area (Å²) in [5.41, 5.74) is 1.84. The Balaban J connectivity index is 1.65. The van der Waals surface area contributed by atoms with Crippen molar-refractivity contribution in [2.45, 2.75) is 51.7 Å². The van der Waals surface area contributed by atoms with E-state index in [1.54, 1.807) is 11.3 Å². The van der Waals surface area contributed by atoms with Crippen LogP contribution < -0.4 is 10.1 Å². The Morgan fingerprint density at radius 2 is 2.00 bits per heavy atom. The number of carbonyl (C=O) groups excluding carboxylic acids is 1. The number of thioether (sulfide) groups is 1. The van der Waals surface area contributed by atoms with E-state index in [4.69, 9.17) is 4.74 Å². The van der Waals surface area contributed by atoms with Crippen LogP contribution in [0, 0.1) is 0 Å². The second kappa shape index (κ2) is 10.6. The van der Waals surface area contributed by atoms with Crippen LogP contribution in [0.15, 0.2) is 40.9 Å². The highest BCUT2D eigenvalue weighted by molar-refractivity contribution is 7.99. The molecule has 0 spiro atoms. The first-order valence-electron chi connectivity index (χ1n) is 10.2. The van der Waals surface area contributed by atoms with Crippen LogP contribution in [-0.4, -0.2) is 33.0 Å². The number of benzene rings is 1. The molecule has 1 aromatic carbocycles. The summed E-state index contributed by atoms with van der Waals surface area (Å²) in [6.07, 6.45) is 0.970. The molecule has 0 saturated heterocycles. The Labute approximate surface area is 186 Å². The smallest absolute Gasteiger partial charge is 0.234 e. The van der Waals surface area contributed by atoms with Crippen molar-refractivity contribution in [3.8, 4) is 17.1 Å². The van der Waals surface area contributed by atoms with Gasteiger partial charge < -0.3 is 14.6 Å². The van der Waals surface area contributed by atoms with Crippen LogP contribution in [0.4, 0.5) is 5.69 Å². The average molecular weight is 445 g/mol. The monoisotopic (exact) mass is 444 g/mol. The van der Waals surface area contributed by atoms with E-state index in [0.717, 1.165) is 40.9 Å². The van der Waals surface area contributed by atoms with Gasteiger partial charge in [0.1, 0.15) is 5.75 Å². The van der Waals surface area contributed by atoms with Gasteiger partial charge in [-0.25, -0.2) is 0 Å². The standard InChI is InChI=1S/C22H28N4O2S2/c1-5-11-26-21(16-12-19(15(3)4)29-13-16)24-25-22(26)30-14-20(27)23-17-7-9-18(10-8-17)28-6-2/h7-10,12-13,15H,5-6,11,14H2,1-4H3,(H,23,27). The zero-order chi connectivity index (χ0) is 21.5. The van der Waals surface area contributed by atoms with E-state index in [2.05, 4.69) is 52.3 Å². The fraction of sp³-hybridized carbons (Fsp3) is 0.409. The van der Waals surface area contributed by atoms with Gasteiger partial charge in [-0.15, -0.1) is 21.5 Å². The Hall–Kier alpha value is -2.32. The molecule has 2 heterocycles. The highest BCUT2D eigenvalue weighted by Gasteiger charge is 2.17. The normalized spacial score (nSPS) is 11.1. The van der Waals surface area contributed by atoms with Crippen molar-refractivity contribution in [2.24, 2.45) is 0 Å². The van der Waals surface area contributed by atoms with Gasteiger partial charge in [-0.1, -0.05) is 32.5 Å². The van der Waals surface area contributed by atoms with Crippen LogP contribution in [0.2, 0.25) is 0 Å². The average Bonchev–Trinajstić information content (AvgIpc) is 3.36. The van der Waals surface area contributed by atoms with E-state index in [1.807, 2.05) is 31.2 Å². The lowest BCUT2D eigenvalue weighted by atomic mass is 10.1. The van der Waals surface area contributed by atoms with Crippen molar-refractivity contribution in [1.82, 2.24) is 14.8 Å². The van der Waals surface area contributed by atoms with E-state index in [1.165, 1.54) is 16.6 Å². The number of aromatic nitrogens is 3. The molecule has 1 N–H and O–H groups in total. The van der Waals surface area contributed by atoms with Gasteiger partial charge in [-0.05, 0) is 49.6 Å². The summed E-state index contributed by atoms with van der Waals surface area (Å²) in [6.45, 7) is 9.89.